The number of benzene rings is 1. The summed E-state index contributed by atoms with van der Waals surface area (Å²) >= 11 is 0. The Kier molecular flexibility index (Phi) is 7.34. The van der Waals surface area contributed by atoms with Crippen molar-refractivity contribution in [2.24, 2.45) is 0 Å². The molecule has 1 heterocycles. The molecule has 1 saturated heterocycles. The fourth-order valence-corrected chi connectivity index (χ4v) is 2.71. The van der Waals surface area contributed by atoms with Crippen molar-refractivity contribution in [1.29, 1.82) is 5.26 Å². The van der Waals surface area contributed by atoms with Gasteiger partial charge in [-0.1, -0.05) is 12.1 Å². The Labute approximate surface area is 132 Å². The Morgan fingerprint density at radius 3 is 2.50 bits per heavy atom. The fourth-order valence-electron chi connectivity index (χ4n) is 2.71. The molecule has 0 spiro atoms. The Hall–Kier alpha value is -1.45. The second-order valence-electron chi connectivity index (χ2n) is 5.62. The van der Waals surface area contributed by atoms with Crippen LogP contribution in [0.15, 0.2) is 24.3 Å². The highest BCUT2D eigenvalue weighted by Crippen LogP contribution is 2.10. The van der Waals surface area contributed by atoms with Crippen LogP contribution in [0.3, 0.4) is 0 Å². The first-order valence-electron chi connectivity index (χ1n) is 7.94. The van der Waals surface area contributed by atoms with E-state index in [0.29, 0.717) is 18.8 Å². The first kappa shape index (κ1) is 16.9. The molecule has 0 amide bonds. The van der Waals surface area contributed by atoms with Crippen LogP contribution in [0.5, 0.6) is 0 Å². The summed E-state index contributed by atoms with van der Waals surface area (Å²) in [7, 11) is 0. The van der Waals surface area contributed by atoms with Crippen molar-refractivity contribution >= 4 is 0 Å². The molecule has 2 rings (SSSR count). The molecule has 0 unspecified atom stereocenters. The average Bonchev–Trinajstić information content (AvgIpc) is 2.78. The van der Waals surface area contributed by atoms with E-state index in [1.807, 2.05) is 24.3 Å². The van der Waals surface area contributed by atoms with Gasteiger partial charge < -0.3 is 9.84 Å². The van der Waals surface area contributed by atoms with Gasteiger partial charge in [-0.05, 0) is 37.2 Å². The van der Waals surface area contributed by atoms with Crippen LogP contribution in [0, 0.1) is 11.3 Å². The molecule has 120 valence electrons. The van der Waals surface area contributed by atoms with Gasteiger partial charge in [0, 0.05) is 26.2 Å². The molecule has 5 heteroatoms. The number of aliphatic hydroxyl groups excluding tert-OH is 1. The van der Waals surface area contributed by atoms with Crippen LogP contribution in [0.2, 0.25) is 0 Å². The quantitative estimate of drug-likeness (QED) is 0.764. The average molecular weight is 303 g/mol. The van der Waals surface area contributed by atoms with Gasteiger partial charge in [-0.2, -0.15) is 5.26 Å². The molecule has 5 nitrogen and oxygen atoms in total. The number of aliphatic hydroxyl groups is 1. The molecule has 0 radical (unpaired) electrons. The molecule has 0 aliphatic carbocycles. The van der Waals surface area contributed by atoms with Crippen LogP contribution in [-0.2, 0) is 11.3 Å². The normalized spacial score (nSPS) is 17.1. The SMILES string of the molecule is N#Cc1ccc(CN2CCCN(CCOCCO)CC2)cc1. The van der Waals surface area contributed by atoms with Crippen LogP contribution < -0.4 is 0 Å². The summed E-state index contributed by atoms with van der Waals surface area (Å²) in [5, 5.41) is 17.5. The van der Waals surface area contributed by atoms with Crippen molar-refractivity contribution in [3.8, 4) is 6.07 Å². The molecule has 1 aromatic rings. The molecule has 0 bridgehead atoms. The Balaban J connectivity index is 1.74. The lowest BCUT2D eigenvalue weighted by Gasteiger charge is -2.21. The second-order valence-corrected chi connectivity index (χ2v) is 5.62. The summed E-state index contributed by atoms with van der Waals surface area (Å²) in [4.78, 5) is 4.89. The first-order valence-corrected chi connectivity index (χ1v) is 7.94. The lowest BCUT2D eigenvalue weighted by Crippen LogP contribution is -2.32. The predicted octanol–water partition coefficient (Wildman–Crippen LogP) is 1.07. The molecular weight excluding hydrogens is 278 g/mol. The third kappa shape index (κ3) is 5.74. The van der Waals surface area contributed by atoms with E-state index in [1.165, 1.54) is 5.56 Å². The summed E-state index contributed by atoms with van der Waals surface area (Å²) in [6.45, 7) is 7.41. The topological polar surface area (TPSA) is 59.7 Å². The number of nitriles is 1. The van der Waals surface area contributed by atoms with Gasteiger partial charge in [0.25, 0.3) is 0 Å². The molecule has 0 atom stereocenters. The highest BCUT2D eigenvalue weighted by atomic mass is 16.5. The van der Waals surface area contributed by atoms with Crippen LogP contribution in [0.4, 0.5) is 0 Å². The second kappa shape index (κ2) is 9.54. The predicted molar refractivity (Wildman–Crippen MR) is 85.4 cm³/mol. The van der Waals surface area contributed by atoms with E-state index in [0.717, 1.165) is 45.7 Å². The summed E-state index contributed by atoms with van der Waals surface area (Å²) in [6, 6.07) is 10.0. The molecule has 0 saturated carbocycles. The monoisotopic (exact) mass is 303 g/mol. The van der Waals surface area contributed by atoms with Crippen LogP contribution >= 0.6 is 0 Å². The van der Waals surface area contributed by atoms with Gasteiger partial charge in [-0.15, -0.1) is 0 Å². The number of ether oxygens (including phenoxy) is 1. The zero-order chi connectivity index (χ0) is 15.6. The minimum absolute atomic E-state index is 0.0956. The Bertz CT molecular complexity index is 470. The maximum atomic E-state index is 8.83. The van der Waals surface area contributed by atoms with Gasteiger partial charge in [-0.25, -0.2) is 0 Å². The minimum Gasteiger partial charge on any atom is -0.394 e. The maximum absolute atomic E-state index is 8.83. The summed E-state index contributed by atoms with van der Waals surface area (Å²) in [5.41, 5.74) is 1.98. The zero-order valence-corrected chi connectivity index (χ0v) is 13.1. The molecule has 22 heavy (non-hydrogen) atoms. The summed E-state index contributed by atoms with van der Waals surface area (Å²) in [5.74, 6) is 0. The third-order valence-corrected chi connectivity index (χ3v) is 3.96. The maximum Gasteiger partial charge on any atom is 0.0991 e. The van der Waals surface area contributed by atoms with Crippen molar-refractivity contribution < 1.29 is 9.84 Å². The van der Waals surface area contributed by atoms with E-state index in [1.54, 1.807) is 0 Å². The smallest absolute Gasteiger partial charge is 0.0991 e. The van der Waals surface area contributed by atoms with Gasteiger partial charge in [0.05, 0.1) is 31.5 Å². The van der Waals surface area contributed by atoms with Gasteiger partial charge in [-0.3, -0.25) is 9.80 Å². The first-order chi connectivity index (χ1) is 10.8. The van der Waals surface area contributed by atoms with Crippen molar-refractivity contribution in [2.45, 2.75) is 13.0 Å². The van der Waals surface area contributed by atoms with E-state index < -0.39 is 0 Å². The molecule has 1 aliphatic heterocycles. The third-order valence-electron chi connectivity index (χ3n) is 3.96. The van der Waals surface area contributed by atoms with Gasteiger partial charge in [0.1, 0.15) is 0 Å². The lowest BCUT2D eigenvalue weighted by atomic mass is 10.1. The Morgan fingerprint density at radius 2 is 1.77 bits per heavy atom. The van der Waals surface area contributed by atoms with E-state index in [4.69, 9.17) is 15.1 Å². The molecule has 1 aliphatic rings. The molecular formula is C17H25N3O2. The summed E-state index contributed by atoms with van der Waals surface area (Å²) < 4.78 is 5.34. The standard InChI is InChI=1S/C17H25N3O2/c18-14-16-2-4-17(5-3-16)15-20-7-1-6-19(8-9-20)10-12-22-13-11-21/h2-5,21H,1,6-13,15H2. The van der Waals surface area contributed by atoms with E-state index in [9.17, 15) is 0 Å². The Morgan fingerprint density at radius 1 is 1.05 bits per heavy atom. The fraction of sp³-hybridized carbons (Fsp3) is 0.588. The largest absolute Gasteiger partial charge is 0.394 e. The highest BCUT2D eigenvalue weighted by Gasteiger charge is 2.14. The highest BCUT2D eigenvalue weighted by molar-refractivity contribution is 5.31. The minimum atomic E-state index is 0.0956. The van der Waals surface area contributed by atoms with Crippen LogP contribution in [0.1, 0.15) is 17.5 Å². The van der Waals surface area contributed by atoms with E-state index in [-0.39, 0.29) is 6.61 Å². The molecule has 0 aromatic heterocycles. The van der Waals surface area contributed by atoms with Crippen LogP contribution in [-0.4, -0.2) is 67.5 Å². The molecule has 1 aromatic carbocycles. The zero-order valence-electron chi connectivity index (χ0n) is 13.1. The number of hydrogen-bond donors (Lipinski definition) is 1. The number of hydrogen-bond acceptors (Lipinski definition) is 5. The van der Waals surface area contributed by atoms with Crippen molar-refractivity contribution in [3.05, 3.63) is 35.4 Å². The van der Waals surface area contributed by atoms with Crippen molar-refractivity contribution in [3.63, 3.8) is 0 Å². The number of rotatable bonds is 7. The summed E-state index contributed by atoms with van der Waals surface area (Å²) in [6.07, 6.45) is 1.16. The van der Waals surface area contributed by atoms with E-state index in [2.05, 4.69) is 15.9 Å². The lowest BCUT2D eigenvalue weighted by molar-refractivity contribution is 0.0743. The molecule has 1 fully saturated rings. The van der Waals surface area contributed by atoms with Gasteiger partial charge in [0.2, 0.25) is 0 Å². The van der Waals surface area contributed by atoms with Gasteiger partial charge in [0.15, 0.2) is 0 Å². The molecule has 1 N–H and O–H groups in total. The van der Waals surface area contributed by atoms with Crippen molar-refractivity contribution in [2.75, 3.05) is 52.5 Å². The van der Waals surface area contributed by atoms with Crippen LogP contribution in [0.25, 0.3) is 0 Å². The number of nitrogens with zero attached hydrogens (tertiary/aromatic N) is 3. The van der Waals surface area contributed by atoms with Crippen molar-refractivity contribution in [1.82, 2.24) is 9.80 Å². The van der Waals surface area contributed by atoms with E-state index >= 15 is 0 Å². The van der Waals surface area contributed by atoms with Gasteiger partial charge >= 0.3 is 0 Å².